The van der Waals surface area contributed by atoms with Crippen LogP contribution in [-0.4, -0.2) is 47.4 Å². The summed E-state index contributed by atoms with van der Waals surface area (Å²) in [5, 5.41) is 19.4. The first kappa shape index (κ1) is 21.3. The molecule has 3 amide bonds. The van der Waals surface area contributed by atoms with Gasteiger partial charge in [0, 0.05) is 24.3 Å². The monoisotopic (exact) mass is 411 g/mol. The molecule has 0 radical (unpaired) electrons. The average molecular weight is 411 g/mol. The van der Waals surface area contributed by atoms with Gasteiger partial charge in [-0.25, -0.2) is 4.79 Å². The second kappa shape index (κ2) is 10.4. The van der Waals surface area contributed by atoms with Crippen molar-refractivity contribution in [2.24, 2.45) is 0 Å². The van der Waals surface area contributed by atoms with E-state index in [2.05, 4.69) is 16.0 Å². The van der Waals surface area contributed by atoms with Gasteiger partial charge in [0.25, 0.3) is 5.69 Å². The lowest BCUT2D eigenvalue weighted by molar-refractivity contribution is -0.383. The molecular weight excluding hydrogens is 386 g/mol. The van der Waals surface area contributed by atoms with Crippen molar-refractivity contribution in [3.05, 3.63) is 64.7 Å². The predicted molar refractivity (Wildman–Crippen MR) is 114 cm³/mol. The number of para-hydroxylation sites is 3. The average Bonchev–Trinajstić information content (AvgIpc) is 2.74. The largest absolute Gasteiger partial charge is 0.336 e. The number of anilines is 2. The molecule has 9 nitrogen and oxygen atoms in total. The third-order valence-corrected chi connectivity index (χ3v) is 5.00. The highest BCUT2D eigenvalue weighted by molar-refractivity contribution is 5.94. The number of carbonyl (C=O) groups is 2. The number of hydrogen-bond acceptors (Lipinski definition) is 5. The first-order valence-electron chi connectivity index (χ1n) is 9.90. The SMILES string of the molecule is O=C(CN1CCCCC1CNC(=O)Nc1ccccc1)Nc1ccccc1[N+](=O)[O-]. The van der Waals surface area contributed by atoms with Crippen LogP contribution >= 0.6 is 0 Å². The molecule has 1 atom stereocenters. The molecule has 1 unspecified atom stereocenters. The number of nitro groups is 1. The number of piperidine rings is 1. The normalized spacial score (nSPS) is 16.5. The van der Waals surface area contributed by atoms with E-state index in [9.17, 15) is 19.7 Å². The summed E-state index contributed by atoms with van der Waals surface area (Å²) in [6, 6.07) is 15.0. The summed E-state index contributed by atoms with van der Waals surface area (Å²) in [5.74, 6) is -0.315. The fourth-order valence-electron chi connectivity index (χ4n) is 3.52. The first-order valence-corrected chi connectivity index (χ1v) is 9.90. The van der Waals surface area contributed by atoms with Gasteiger partial charge in [0.05, 0.1) is 11.5 Å². The highest BCUT2D eigenvalue weighted by atomic mass is 16.6. The van der Waals surface area contributed by atoms with Crippen LogP contribution in [0.15, 0.2) is 54.6 Å². The van der Waals surface area contributed by atoms with Gasteiger partial charge in [-0.1, -0.05) is 36.8 Å². The van der Waals surface area contributed by atoms with Crippen LogP contribution in [0.3, 0.4) is 0 Å². The highest BCUT2D eigenvalue weighted by Gasteiger charge is 2.25. The van der Waals surface area contributed by atoms with Gasteiger partial charge < -0.3 is 16.0 Å². The molecular formula is C21H25N5O4. The summed E-state index contributed by atoms with van der Waals surface area (Å²) >= 11 is 0. The van der Waals surface area contributed by atoms with E-state index in [1.807, 2.05) is 23.1 Å². The van der Waals surface area contributed by atoms with E-state index < -0.39 is 4.92 Å². The Labute approximate surface area is 174 Å². The van der Waals surface area contributed by atoms with Crippen LogP contribution < -0.4 is 16.0 Å². The molecule has 0 bridgehead atoms. The quantitative estimate of drug-likeness (QED) is 0.478. The van der Waals surface area contributed by atoms with Gasteiger partial charge in [0.15, 0.2) is 0 Å². The second-order valence-corrected chi connectivity index (χ2v) is 7.14. The summed E-state index contributed by atoms with van der Waals surface area (Å²) in [6.07, 6.45) is 2.85. The number of hydrogen-bond donors (Lipinski definition) is 3. The number of nitrogens with one attached hydrogen (secondary N) is 3. The minimum absolute atomic E-state index is 0.0248. The van der Waals surface area contributed by atoms with Crippen molar-refractivity contribution >= 4 is 29.0 Å². The van der Waals surface area contributed by atoms with E-state index in [4.69, 9.17) is 0 Å². The zero-order chi connectivity index (χ0) is 21.3. The maximum Gasteiger partial charge on any atom is 0.319 e. The minimum atomic E-state index is -0.519. The van der Waals surface area contributed by atoms with Crippen molar-refractivity contribution in [2.75, 3.05) is 30.3 Å². The molecule has 3 N–H and O–H groups in total. The Hall–Kier alpha value is -3.46. The number of urea groups is 1. The molecule has 1 fully saturated rings. The molecule has 1 aliphatic rings. The molecule has 30 heavy (non-hydrogen) atoms. The lowest BCUT2D eigenvalue weighted by Crippen LogP contribution is -2.49. The minimum Gasteiger partial charge on any atom is -0.336 e. The third kappa shape index (κ3) is 6.02. The highest BCUT2D eigenvalue weighted by Crippen LogP contribution is 2.23. The Morgan fingerprint density at radius 1 is 1.03 bits per heavy atom. The summed E-state index contributed by atoms with van der Waals surface area (Å²) in [7, 11) is 0. The molecule has 158 valence electrons. The maximum atomic E-state index is 12.5. The molecule has 0 spiro atoms. The third-order valence-electron chi connectivity index (χ3n) is 5.00. The van der Waals surface area contributed by atoms with E-state index >= 15 is 0 Å². The zero-order valence-electron chi connectivity index (χ0n) is 16.5. The number of nitrogens with zero attached hydrogens (tertiary/aromatic N) is 2. The maximum absolute atomic E-state index is 12.5. The van der Waals surface area contributed by atoms with Crippen LogP contribution in [0, 0.1) is 10.1 Å². The Balaban J connectivity index is 1.53. The van der Waals surface area contributed by atoms with Crippen molar-refractivity contribution in [2.45, 2.75) is 25.3 Å². The second-order valence-electron chi connectivity index (χ2n) is 7.14. The van der Waals surface area contributed by atoms with Crippen LogP contribution in [-0.2, 0) is 4.79 Å². The Bertz CT molecular complexity index is 890. The molecule has 0 aliphatic carbocycles. The Morgan fingerprint density at radius 3 is 2.53 bits per heavy atom. The van der Waals surface area contributed by atoms with Crippen LogP contribution in [0.1, 0.15) is 19.3 Å². The van der Waals surface area contributed by atoms with E-state index in [0.29, 0.717) is 12.2 Å². The van der Waals surface area contributed by atoms with Gasteiger partial charge >= 0.3 is 6.03 Å². The van der Waals surface area contributed by atoms with E-state index in [1.165, 1.54) is 12.1 Å². The molecule has 9 heteroatoms. The van der Waals surface area contributed by atoms with Crippen molar-refractivity contribution in [1.82, 2.24) is 10.2 Å². The van der Waals surface area contributed by atoms with Crippen molar-refractivity contribution in [3.63, 3.8) is 0 Å². The fraction of sp³-hybridized carbons (Fsp3) is 0.333. The number of rotatable bonds is 7. The van der Waals surface area contributed by atoms with Crippen LogP contribution in [0.5, 0.6) is 0 Å². The molecule has 1 heterocycles. The van der Waals surface area contributed by atoms with Gasteiger partial charge in [-0.2, -0.15) is 0 Å². The topological polar surface area (TPSA) is 117 Å². The van der Waals surface area contributed by atoms with Gasteiger partial charge in [-0.05, 0) is 37.6 Å². The molecule has 0 aromatic heterocycles. The van der Waals surface area contributed by atoms with E-state index in [0.717, 1.165) is 25.8 Å². The summed E-state index contributed by atoms with van der Waals surface area (Å²) in [6.45, 7) is 1.26. The molecule has 2 aromatic rings. The van der Waals surface area contributed by atoms with Gasteiger partial charge in [-0.15, -0.1) is 0 Å². The fourth-order valence-corrected chi connectivity index (χ4v) is 3.52. The summed E-state index contributed by atoms with van der Waals surface area (Å²) < 4.78 is 0. The number of likely N-dealkylation sites (tertiary alicyclic amines) is 1. The van der Waals surface area contributed by atoms with Gasteiger partial charge in [0.1, 0.15) is 5.69 Å². The van der Waals surface area contributed by atoms with Crippen LogP contribution in [0.2, 0.25) is 0 Å². The predicted octanol–water partition coefficient (Wildman–Crippen LogP) is 3.21. The lowest BCUT2D eigenvalue weighted by Gasteiger charge is -2.35. The number of benzene rings is 2. The first-order chi connectivity index (χ1) is 14.5. The van der Waals surface area contributed by atoms with Crippen LogP contribution in [0.25, 0.3) is 0 Å². The van der Waals surface area contributed by atoms with Crippen molar-refractivity contribution in [3.8, 4) is 0 Å². The zero-order valence-corrected chi connectivity index (χ0v) is 16.5. The number of nitro benzene ring substituents is 1. The number of carbonyl (C=O) groups excluding carboxylic acids is 2. The van der Waals surface area contributed by atoms with E-state index in [-0.39, 0.29) is 35.9 Å². The van der Waals surface area contributed by atoms with Gasteiger partial charge in [-0.3, -0.25) is 19.8 Å². The smallest absolute Gasteiger partial charge is 0.319 e. The lowest BCUT2D eigenvalue weighted by atomic mass is 10.0. The Morgan fingerprint density at radius 2 is 1.77 bits per heavy atom. The van der Waals surface area contributed by atoms with Crippen LogP contribution in [0.4, 0.5) is 21.9 Å². The summed E-state index contributed by atoms with van der Waals surface area (Å²) in [5.41, 5.74) is 0.751. The van der Waals surface area contributed by atoms with Crippen molar-refractivity contribution < 1.29 is 14.5 Å². The molecule has 3 rings (SSSR count). The molecule has 1 aliphatic heterocycles. The molecule has 1 saturated heterocycles. The molecule has 2 aromatic carbocycles. The standard InChI is InChI=1S/C21H25N5O4/c27-20(24-18-11-4-5-12-19(18)26(29)30)15-25-13-7-6-10-17(25)14-22-21(28)23-16-8-2-1-3-9-16/h1-5,8-9,11-12,17H,6-7,10,13-15H2,(H,24,27)(H2,22,23,28). The molecule has 0 saturated carbocycles. The van der Waals surface area contributed by atoms with Gasteiger partial charge in [0.2, 0.25) is 5.91 Å². The number of amides is 3. The Kier molecular flexibility index (Phi) is 7.34. The van der Waals surface area contributed by atoms with E-state index in [1.54, 1.807) is 24.3 Å². The summed E-state index contributed by atoms with van der Waals surface area (Å²) in [4.78, 5) is 37.3. The van der Waals surface area contributed by atoms with Crippen molar-refractivity contribution in [1.29, 1.82) is 0 Å².